The van der Waals surface area contributed by atoms with E-state index in [4.69, 9.17) is 50.1 Å². The van der Waals surface area contributed by atoms with Crippen LogP contribution in [0.1, 0.15) is 56.4 Å². The van der Waals surface area contributed by atoms with Crippen molar-refractivity contribution < 1.29 is 23.7 Å². The standard InChI is InChI=1S/C39H41ClN10O5/c1-23(2)21-50-22-25(19-43-50)37-35-30(47-48-37)16-26(44-38(35)54-27-4-10-51-11-5-27)20-42-33-17-28(6-12-53-33)55-39-34-29(18-31(40)46-39)45-36(34)24-3-7-41-32(15-24)49-8-13-52-14-9-49/h3,7,15-16,18-19,22-23,27-28,33H,4-6,8-14,17,21H2,1-2H3/p+1. The molecule has 2 atom stereocenters. The van der Waals surface area contributed by atoms with Crippen molar-refractivity contribution >= 4 is 39.7 Å². The Bertz CT molecular complexity index is 2290. The Kier molecular flexibility index (Phi) is 10.0. The van der Waals surface area contributed by atoms with Gasteiger partial charge in [-0.25, -0.2) is 15.0 Å². The molecule has 4 aliphatic rings. The third-order valence-electron chi connectivity index (χ3n) is 9.99. The number of hydrogen-bond acceptors (Lipinski definition) is 12. The fourth-order valence-corrected chi connectivity index (χ4v) is 7.43. The number of hydrogen-bond donors (Lipinski definition) is 1. The monoisotopic (exact) mass is 765 g/mol. The fraction of sp³-hybridized carbons (Fsp3) is 0.462. The predicted octanol–water partition coefficient (Wildman–Crippen LogP) is 6.06. The van der Waals surface area contributed by atoms with Crippen LogP contribution in [0.25, 0.3) is 27.0 Å². The molecule has 5 aromatic rings. The number of pyridine rings is 3. The second kappa shape index (κ2) is 15.5. The average Bonchev–Trinajstić information content (AvgIpc) is 3.83. The van der Waals surface area contributed by atoms with Gasteiger partial charge in [-0.2, -0.15) is 15.2 Å². The summed E-state index contributed by atoms with van der Waals surface area (Å²) in [7, 11) is 0. The molecule has 15 nitrogen and oxygen atoms in total. The van der Waals surface area contributed by atoms with E-state index < -0.39 is 6.23 Å². The van der Waals surface area contributed by atoms with Gasteiger partial charge in [0.2, 0.25) is 11.8 Å². The van der Waals surface area contributed by atoms with Crippen LogP contribution in [0.3, 0.4) is 0 Å². The Balaban J connectivity index is 0.940. The quantitative estimate of drug-likeness (QED) is 0.171. The van der Waals surface area contributed by atoms with Crippen molar-refractivity contribution in [2.75, 3.05) is 51.0 Å². The maximum absolute atomic E-state index is 6.56. The van der Waals surface area contributed by atoms with Gasteiger partial charge in [0.05, 0.1) is 73.5 Å². The molecule has 5 aromatic heterocycles. The van der Waals surface area contributed by atoms with E-state index >= 15 is 0 Å². The number of anilines is 1. The lowest BCUT2D eigenvalue weighted by atomic mass is 9.97. The Morgan fingerprint density at radius 2 is 1.80 bits per heavy atom. The van der Waals surface area contributed by atoms with E-state index in [9.17, 15) is 0 Å². The van der Waals surface area contributed by atoms with Crippen molar-refractivity contribution in [1.29, 1.82) is 0 Å². The highest BCUT2D eigenvalue weighted by atomic mass is 35.5. The van der Waals surface area contributed by atoms with Crippen LogP contribution in [0, 0.1) is 12.0 Å². The van der Waals surface area contributed by atoms with Crippen LogP contribution in [0.5, 0.6) is 11.8 Å². The van der Waals surface area contributed by atoms with E-state index in [1.54, 1.807) is 6.07 Å². The molecular formula is C39H42ClN10O5+. The number of nitrogens with zero attached hydrogens (tertiary/aromatic N) is 9. The first-order valence-electron chi connectivity index (χ1n) is 18.9. The third-order valence-corrected chi connectivity index (χ3v) is 10.2. The lowest BCUT2D eigenvalue weighted by molar-refractivity contribution is -0.0139. The topological polar surface area (TPSA) is 151 Å². The molecule has 2 unspecified atom stereocenters. The lowest BCUT2D eigenvalue weighted by Crippen LogP contribution is -2.36. The molecule has 55 heavy (non-hydrogen) atoms. The molecule has 0 saturated carbocycles. The van der Waals surface area contributed by atoms with Gasteiger partial charge in [-0.15, -0.1) is 0 Å². The van der Waals surface area contributed by atoms with Gasteiger partial charge in [0.1, 0.15) is 28.9 Å². The summed E-state index contributed by atoms with van der Waals surface area (Å²) in [5.74, 6) is 2.27. The van der Waals surface area contributed by atoms with Crippen LogP contribution in [-0.4, -0.2) is 105 Å². The first-order chi connectivity index (χ1) is 26.9. The Morgan fingerprint density at radius 3 is 2.65 bits per heavy atom. The Labute approximate surface area is 322 Å². The van der Waals surface area contributed by atoms with Crippen molar-refractivity contribution in [3.8, 4) is 29.1 Å². The van der Waals surface area contributed by atoms with E-state index in [0.717, 1.165) is 83.0 Å². The zero-order valence-electron chi connectivity index (χ0n) is 30.8. The van der Waals surface area contributed by atoms with Crippen molar-refractivity contribution in [2.24, 2.45) is 10.9 Å². The minimum atomic E-state index is -0.505. The summed E-state index contributed by atoms with van der Waals surface area (Å²) in [5.41, 5.74) is 6.21. The summed E-state index contributed by atoms with van der Waals surface area (Å²) in [4.78, 5) is 25.8. The van der Waals surface area contributed by atoms with Crippen molar-refractivity contribution in [1.82, 2.24) is 34.9 Å². The summed E-state index contributed by atoms with van der Waals surface area (Å²) in [6.07, 6.45) is 7.59. The molecule has 3 saturated heterocycles. The van der Waals surface area contributed by atoms with Gasteiger partial charge in [-0.1, -0.05) is 25.4 Å². The first-order valence-corrected chi connectivity index (χ1v) is 19.3. The maximum Gasteiger partial charge on any atom is 0.380 e. The number of aromatic nitrogens is 7. The summed E-state index contributed by atoms with van der Waals surface area (Å²) < 4.78 is 32.2. The summed E-state index contributed by atoms with van der Waals surface area (Å²) >= 11 is 6.43. The van der Waals surface area contributed by atoms with E-state index in [-0.39, 0.29) is 12.2 Å². The van der Waals surface area contributed by atoms with Crippen LogP contribution < -0.4 is 14.4 Å². The number of morpholine rings is 1. The zero-order chi connectivity index (χ0) is 37.3. The van der Waals surface area contributed by atoms with Crippen molar-refractivity contribution in [3.63, 3.8) is 0 Å². The predicted molar refractivity (Wildman–Crippen MR) is 206 cm³/mol. The second-order valence-electron chi connectivity index (χ2n) is 14.5. The Morgan fingerprint density at radius 1 is 0.982 bits per heavy atom. The van der Waals surface area contributed by atoms with Crippen LogP contribution in [0.4, 0.5) is 11.5 Å². The molecule has 16 heteroatoms. The Hall–Kier alpha value is -5.14. The average molecular weight is 766 g/mol. The van der Waals surface area contributed by atoms with E-state index in [0.29, 0.717) is 74.4 Å². The third kappa shape index (κ3) is 7.72. The van der Waals surface area contributed by atoms with Gasteiger partial charge in [-0.05, 0) is 22.9 Å². The number of aromatic amines is 1. The summed E-state index contributed by atoms with van der Waals surface area (Å²) in [5, 5.41) is 13.5. The number of nitrogens with one attached hydrogen (secondary N) is 1. The molecule has 0 aliphatic carbocycles. The fourth-order valence-electron chi connectivity index (χ4n) is 7.25. The lowest BCUT2D eigenvalue weighted by Gasteiger charge is -2.29. The molecule has 9 heterocycles. The normalized spacial score (nSPS) is 20.1. The van der Waals surface area contributed by atoms with Crippen LogP contribution in [0.2, 0.25) is 5.15 Å². The van der Waals surface area contributed by atoms with Gasteiger partial charge >= 0.3 is 12.3 Å². The summed E-state index contributed by atoms with van der Waals surface area (Å²) in [6.45, 7) is 9.83. The number of aliphatic imine (C=N–C) groups is 1. The number of ether oxygens (including phenoxy) is 5. The van der Waals surface area contributed by atoms with Gasteiger partial charge in [0.15, 0.2) is 5.69 Å². The molecule has 3 fully saturated rings. The minimum Gasteiger partial charge on any atom is -0.474 e. The minimum absolute atomic E-state index is 0.0316. The highest BCUT2D eigenvalue weighted by Crippen LogP contribution is 2.41. The van der Waals surface area contributed by atoms with Gasteiger partial charge in [0.25, 0.3) is 0 Å². The van der Waals surface area contributed by atoms with Crippen LogP contribution >= 0.6 is 11.6 Å². The van der Waals surface area contributed by atoms with Gasteiger partial charge in [-0.3, -0.25) is 9.78 Å². The molecule has 4 aliphatic heterocycles. The molecular weight excluding hydrogens is 724 g/mol. The molecule has 0 radical (unpaired) electrons. The van der Waals surface area contributed by atoms with Crippen LogP contribution in [0.15, 0.2) is 47.8 Å². The molecule has 0 amide bonds. The van der Waals surface area contributed by atoms with Gasteiger partial charge in [0, 0.05) is 74.6 Å². The van der Waals surface area contributed by atoms with E-state index in [1.165, 1.54) is 0 Å². The molecule has 284 valence electrons. The second-order valence-corrected chi connectivity index (χ2v) is 14.9. The zero-order valence-corrected chi connectivity index (χ0v) is 31.5. The largest absolute Gasteiger partial charge is 0.474 e. The molecule has 0 aromatic carbocycles. The maximum atomic E-state index is 6.56. The summed E-state index contributed by atoms with van der Waals surface area (Å²) in [6, 6.07) is 10.8. The number of fused-ring (bicyclic) bond motifs is 2. The first kappa shape index (κ1) is 35.6. The SMILES string of the molecule is CC(C)Cn1cc(-c2n[nH]c3cc(C#[N+]C4CC(Oc5nc(Cl)cc6c5C(c5ccnc(N7CCOCC7)c5)=N6)CCO4)nc(OC4CCOCC4)c23)cn1. The molecule has 0 spiro atoms. The molecule has 9 rings (SSSR count). The van der Waals surface area contributed by atoms with E-state index in [2.05, 4.69) is 56.1 Å². The number of H-pyrrole nitrogens is 1. The van der Waals surface area contributed by atoms with Gasteiger partial charge < -0.3 is 28.6 Å². The number of halogens is 1. The smallest absolute Gasteiger partial charge is 0.380 e. The molecule has 1 N–H and O–H groups in total. The van der Waals surface area contributed by atoms with Crippen molar-refractivity contribution in [2.45, 2.75) is 64.5 Å². The highest BCUT2D eigenvalue weighted by Gasteiger charge is 2.34. The van der Waals surface area contributed by atoms with Crippen LogP contribution in [-0.2, 0) is 20.8 Å². The van der Waals surface area contributed by atoms with Crippen molar-refractivity contribution in [3.05, 3.63) is 69.7 Å². The molecule has 0 bridgehead atoms. The highest BCUT2D eigenvalue weighted by molar-refractivity contribution is 6.31. The number of rotatable bonds is 9. The van der Waals surface area contributed by atoms with E-state index in [1.807, 2.05) is 35.4 Å².